The highest BCUT2D eigenvalue weighted by molar-refractivity contribution is 9.10. The van der Waals surface area contributed by atoms with Crippen LogP contribution in [0.25, 0.3) is 5.69 Å². The number of rotatable bonds is 4. The second-order valence-electron chi connectivity index (χ2n) is 4.21. The van der Waals surface area contributed by atoms with Crippen LogP contribution in [0.4, 0.5) is 0 Å². The highest BCUT2D eigenvalue weighted by Crippen LogP contribution is 2.16. The predicted octanol–water partition coefficient (Wildman–Crippen LogP) is 2.25. The Morgan fingerprint density at radius 3 is 2.58 bits per heavy atom. The smallest absolute Gasteiger partial charge is 0.303 e. The van der Waals surface area contributed by atoms with Crippen LogP contribution in [0.15, 0.2) is 33.5 Å². The van der Waals surface area contributed by atoms with Crippen molar-refractivity contribution in [1.82, 2.24) is 9.78 Å². The molecule has 0 aliphatic carbocycles. The molecule has 0 bridgehead atoms. The zero-order valence-corrected chi connectivity index (χ0v) is 11.9. The quantitative estimate of drug-likeness (QED) is 0.905. The van der Waals surface area contributed by atoms with Crippen LogP contribution in [0, 0.1) is 6.92 Å². The van der Waals surface area contributed by atoms with Crippen molar-refractivity contribution < 1.29 is 9.90 Å². The van der Waals surface area contributed by atoms with Crippen molar-refractivity contribution in [2.75, 3.05) is 0 Å². The average Bonchev–Trinajstić information content (AvgIpc) is 2.63. The van der Waals surface area contributed by atoms with E-state index in [9.17, 15) is 9.59 Å². The van der Waals surface area contributed by atoms with E-state index in [1.165, 1.54) is 0 Å². The zero-order valence-electron chi connectivity index (χ0n) is 10.3. The molecule has 0 spiro atoms. The van der Waals surface area contributed by atoms with Gasteiger partial charge in [-0.15, -0.1) is 0 Å². The number of halogens is 1. The Balaban J connectivity index is 2.38. The fourth-order valence-electron chi connectivity index (χ4n) is 1.93. The number of H-pyrrole nitrogens is 1. The van der Waals surface area contributed by atoms with E-state index in [1.807, 2.05) is 24.3 Å². The van der Waals surface area contributed by atoms with Crippen molar-refractivity contribution >= 4 is 21.9 Å². The van der Waals surface area contributed by atoms with E-state index in [4.69, 9.17) is 5.11 Å². The zero-order chi connectivity index (χ0) is 14.0. The van der Waals surface area contributed by atoms with Gasteiger partial charge in [0.05, 0.1) is 5.69 Å². The van der Waals surface area contributed by atoms with Crippen LogP contribution in [-0.4, -0.2) is 20.9 Å². The maximum atomic E-state index is 11.8. The number of hydrogen-bond donors (Lipinski definition) is 2. The molecule has 0 radical (unpaired) electrons. The van der Waals surface area contributed by atoms with Crippen molar-refractivity contribution in [3.05, 3.63) is 50.3 Å². The van der Waals surface area contributed by atoms with E-state index in [-0.39, 0.29) is 18.4 Å². The largest absolute Gasteiger partial charge is 0.481 e. The topological polar surface area (TPSA) is 75.1 Å². The molecular formula is C13H13BrN2O3. The lowest BCUT2D eigenvalue weighted by atomic mass is 10.1. The van der Waals surface area contributed by atoms with E-state index in [2.05, 4.69) is 21.0 Å². The lowest BCUT2D eigenvalue weighted by molar-refractivity contribution is -0.136. The molecule has 5 nitrogen and oxygen atoms in total. The Kier molecular flexibility index (Phi) is 3.90. The number of aliphatic carboxylic acids is 1. The molecule has 19 heavy (non-hydrogen) atoms. The van der Waals surface area contributed by atoms with E-state index >= 15 is 0 Å². The van der Waals surface area contributed by atoms with Crippen LogP contribution in [0.2, 0.25) is 0 Å². The fourth-order valence-corrected chi connectivity index (χ4v) is 2.19. The van der Waals surface area contributed by atoms with Gasteiger partial charge < -0.3 is 5.11 Å². The number of nitrogens with zero attached hydrogens (tertiary/aromatic N) is 1. The lowest BCUT2D eigenvalue weighted by Gasteiger charge is -2.06. The Bertz CT molecular complexity index is 656. The highest BCUT2D eigenvalue weighted by Gasteiger charge is 2.13. The summed E-state index contributed by atoms with van der Waals surface area (Å²) in [6.07, 6.45) is 0.189. The van der Waals surface area contributed by atoms with Gasteiger partial charge in [0.2, 0.25) is 0 Å². The molecule has 1 aromatic carbocycles. The van der Waals surface area contributed by atoms with E-state index in [0.717, 1.165) is 15.9 Å². The van der Waals surface area contributed by atoms with Crippen LogP contribution in [0.3, 0.4) is 0 Å². The van der Waals surface area contributed by atoms with Crippen LogP contribution in [0.5, 0.6) is 0 Å². The summed E-state index contributed by atoms with van der Waals surface area (Å²) in [5, 5.41) is 11.4. The van der Waals surface area contributed by atoms with Gasteiger partial charge in [-0.2, -0.15) is 0 Å². The minimum atomic E-state index is -0.907. The first-order chi connectivity index (χ1) is 8.99. The summed E-state index contributed by atoms with van der Waals surface area (Å²) in [5.74, 6) is -0.907. The van der Waals surface area contributed by atoms with Crippen LogP contribution in [0.1, 0.15) is 17.7 Å². The van der Waals surface area contributed by atoms with Gasteiger partial charge in [0.25, 0.3) is 5.56 Å². The summed E-state index contributed by atoms with van der Waals surface area (Å²) in [6.45, 7) is 1.80. The third-order valence-electron chi connectivity index (χ3n) is 2.93. The number of aromatic nitrogens is 2. The molecule has 0 aliphatic heterocycles. The summed E-state index contributed by atoms with van der Waals surface area (Å²) in [5.41, 5.74) is 1.86. The van der Waals surface area contributed by atoms with E-state index < -0.39 is 5.97 Å². The predicted molar refractivity (Wildman–Crippen MR) is 74.8 cm³/mol. The molecule has 0 unspecified atom stereocenters. The molecule has 0 amide bonds. The molecule has 6 heteroatoms. The number of carboxylic acids is 1. The first-order valence-electron chi connectivity index (χ1n) is 5.77. The van der Waals surface area contributed by atoms with Gasteiger partial charge in [0.15, 0.2) is 0 Å². The molecule has 1 aromatic heterocycles. The SMILES string of the molecule is Cc1c(CCC(=O)O)c(=O)[nH]n1-c1ccc(Br)cc1. The maximum Gasteiger partial charge on any atom is 0.303 e. The molecule has 2 aromatic rings. The van der Waals surface area contributed by atoms with Crippen molar-refractivity contribution in [1.29, 1.82) is 0 Å². The van der Waals surface area contributed by atoms with Crippen molar-refractivity contribution in [3.63, 3.8) is 0 Å². The van der Waals surface area contributed by atoms with E-state index in [1.54, 1.807) is 11.6 Å². The molecule has 100 valence electrons. The first kappa shape index (κ1) is 13.6. The summed E-state index contributed by atoms with van der Waals surface area (Å²) < 4.78 is 2.63. The molecule has 2 N–H and O–H groups in total. The number of nitrogens with one attached hydrogen (secondary N) is 1. The van der Waals surface area contributed by atoms with Crippen molar-refractivity contribution in [2.24, 2.45) is 0 Å². The minimum absolute atomic E-state index is 0.0474. The van der Waals surface area contributed by atoms with Gasteiger partial charge in [-0.25, -0.2) is 0 Å². The first-order valence-corrected chi connectivity index (χ1v) is 6.56. The highest BCUT2D eigenvalue weighted by atomic mass is 79.9. The van der Waals surface area contributed by atoms with Crippen molar-refractivity contribution in [3.8, 4) is 5.69 Å². The number of aromatic amines is 1. The number of hydrogen-bond acceptors (Lipinski definition) is 2. The van der Waals surface area contributed by atoms with Crippen LogP contribution < -0.4 is 5.56 Å². The monoisotopic (exact) mass is 324 g/mol. The molecule has 0 fully saturated rings. The molecule has 0 saturated heterocycles. The maximum absolute atomic E-state index is 11.8. The van der Waals surface area contributed by atoms with Gasteiger partial charge in [-0.05, 0) is 37.6 Å². The Hall–Kier alpha value is -1.82. The molecule has 0 aliphatic rings. The standard InChI is InChI=1S/C13H13BrN2O3/c1-8-11(6-7-12(17)18)13(19)15-16(8)10-4-2-9(14)3-5-10/h2-5H,6-7H2,1H3,(H,15,19)(H,17,18). The van der Waals surface area contributed by atoms with Gasteiger partial charge in [-0.1, -0.05) is 15.9 Å². The van der Waals surface area contributed by atoms with Gasteiger partial charge >= 0.3 is 5.97 Å². The summed E-state index contributed by atoms with van der Waals surface area (Å²) in [6, 6.07) is 7.50. The summed E-state index contributed by atoms with van der Waals surface area (Å²) >= 11 is 3.35. The number of carboxylic acid groups (broad SMARTS) is 1. The molecule has 0 atom stereocenters. The van der Waals surface area contributed by atoms with Crippen LogP contribution >= 0.6 is 15.9 Å². The van der Waals surface area contributed by atoms with Gasteiger partial charge in [0.1, 0.15) is 0 Å². The summed E-state index contributed by atoms with van der Waals surface area (Å²) in [4.78, 5) is 22.4. The third-order valence-corrected chi connectivity index (χ3v) is 3.46. The molecule has 1 heterocycles. The Labute approximate surface area is 118 Å². The van der Waals surface area contributed by atoms with Gasteiger partial charge in [0, 0.05) is 22.2 Å². The van der Waals surface area contributed by atoms with Crippen LogP contribution in [-0.2, 0) is 11.2 Å². The summed E-state index contributed by atoms with van der Waals surface area (Å²) in [7, 11) is 0. The Morgan fingerprint density at radius 1 is 1.37 bits per heavy atom. The molecular weight excluding hydrogens is 312 g/mol. The molecule has 2 rings (SSSR count). The number of carbonyl (C=O) groups is 1. The fraction of sp³-hybridized carbons (Fsp3) is 0.231. The Morgan fingerprint density at radius 2 is 2.00 bits per heavy atom. The lowest BCUT2D eigenvalue weighted by Crippen LogP contribution is -2.09. The second kappa shape index (κ2) is 5.44. The van der Waals surface area contributed by atoms with Gasteiger partial charge in [-0.3, -0.25) is 19.4 Å². The average molecular weight is 325 g/mol. The van der Waals surface area contributed by atoms with E-state index in [0.29, 0.717) is 5.56 Å². The molecule has 0 saturated carbocycles. The minimum Gasteiger partial charge on any atom is -0.481 e. The van der Waals surface area contributed by atoms with Crippen molar-refractivity contribution in [2.45, 2.75) is 19.8 Å². The third kappa shape index (κ3) is 2.96. The normalized spacial score (nSPS) is 10.6. The second-order valence-corrected chi connectivity index (χ2v) is 5.13. The number of benzene rings is 1.